The number of halogens is 2. The third-order valence-corrected chi connectivity index (χ3v) is 12.8. The zero-order valence-corrected chi connectivity index (χ0v) is 30.3. The van der Waals surface area contributed by atoms with Crippen LogP contribution in [0.4, 0.5) is 13.6 Å². The maximum atomic E-state index is 14.3. The predicted molar refractivity (Wildman–Crippen MR) is 190 cm³/mol. The van der Waals surface area contributed by atoms with Crippen LogP contribution in [0, 0.1) is 11.8 Å². The highest BCUT2D eigenvalue weighted by atomic mass is 32.2. The number of carbonyl (C=O) groups excluding carboxylic acids is 4. The Morgan fingerprint density at radius 2 is 1.53 bits per heavy atom. The van der Waals surface area contributed by atoms with Gasteiger partial charge in [0, 0.05) is 23.6 Å². The minimum atomic E-state index is -4.11. The SMILES string of the molecule is CC(C)[C@H](NC(=O)NC1CCCC1)C(=O)N1C[C@H](ON=C2c3ccccc3-c3ccccc32)CC1C(=O)N[C@@]1(C(=O)NS(=O)(=O)C2CC2)C[C@H]1C(F)F. The fourth-order valence-electron chi connectivity index (χ4n) is 7.75. The molecule has 7 rings (SSSR count). The van der Waals surface area contributed by atoms with E-state index >= 15 is 0 Å². The van der Waals surface area contributed by atoms with Crippen LogP contribution in [0.5, 0.6) is 0 Å². The van der Waals surface area contributed by atoms with Gasteiger partial charge in [0.1, 0.15) is 29.4 Å². The first-order valence-corrected chi connectivity index (χ1v) is 19.8. The highest BCUT2D eigenvalue weighted by Gasteiger charge is 2.66. The summed E-state index contributed by atoms with van der Waals surface area (Å²) in [6.45, 7) is 3.35. The van der Waals surface area contributed by atoms with Gasteiger partial charge < -0.3 is 25.7 Å². The number of carbonyl (C=O) groups is 4. The largest absolute Gasteiger partial charge is 0.390 e. The van der Waals surface area contributed by atoms with Crippen molar-refractivity contribution in [3.05, 3.63) is 59.7 Å². The zero-order valence-electron chi connectivity index (χ0n) is 29.5. The van der Waals surface area contributed by atoms with Crippen molar-refractivity contribution < 1.29 is 41.2 Å². The first-order valence-electron chi connectivity index (χ1n) is 18.3. The Bertz CT molecular complexity index is 1890. The van der Waals surface area contributed by atoms with Gasteiger partial charge >= 0.3 is 6.03 Å². The molecule has 5 amide bonds. The molecular weight excluding hydrogens is 711 g/mol. The van der Waals surface area contributed by atoms with Gasteiger partial charge in [-0.25, -0.2) is 22.0 Å². The van der Waals surface area contributed by atoms with Crippen molar-refractivity contribution >= 4 is 39.5 Å². The van der Waals surface area contributed by atoms with Crippen molar-refractivity contribution in [3.8, 4) is 11.1 Å². The van der Waals surface area contributed by atoms with Gasteiger partial charge in [-0.15, -0.1) is 0 Å². The van der Waals surface area contributed by atoms with Gasteiger partial charge in [-0.1, -0.05) is 80.4 Å². The summed E-state index contributed by atoms with van der Waals surface area (Å²) in [7, 11) is -4.11. The number of rotatable bonds is 12. The first kappa shape index (κ1) is 36.7. The molecule has 0 aromatic heterocycles. The van der Waals surface area contributed by atoms with E-state index in [4.69, 9.17) is 4.84 Å². The second-order valence-corrected chi connectivity index (χ2v) is 17.1. The molecule has 0 spiro atoms. The summed E-state index contributed by atoms with van der Waals surface area (Å²) in [5.41, 5.74) is 2.00. The van der Waals surface area contributed by atoms with Gasteiger partial charge in [-0.05, 0) is 49.1 Å². The quantitative estimate of drug-likeness (QED) is 0.205. The number of nitrogens with zero attached hydrogens (tertiary/aromatic N) is 2. The molecule has 0 radical (unpaired) electrons. The van der Waals surface area contributed by atoms with Crippen LogP contribution in [-0.4, -0.2) is 90.8 Å². The summed E-state index contributed by atoms with van der Waals surface area (Å²) in [6, 6.07) is 12.4. The average Bonchev–Trinajstić information content (AvgIpc) is 3.97. The molecule has 3 saturated carbocycles. The lowest BCUT2D eigenvalue weighted by atomic mass is 10.0. The number of amides is 5. The lowest BCUT2D eigenvalue weighted by molar-refractivity contribution is -0.142. The Hall–Kier alpha value is -4.60. The summed E-state index contributed by atoms with van der Waals surface area (Å²) < 4.78 is 55.2. The van der Waals surface area contributed by atoms with Gasteiger partial charge in [0.15, 0.2) is 0 Å². The number of likely N-dealkylation sites (tertiary alicyclic amines) is 1. The lowest BCUT2D eigenvalue weighted by Crippen LogP contribution is -2.60. The fourth-order valence-corrected chi connectivity index (χ4v) is 9.12. The van der Waals surface area contributed by atoms with Crippen molar-refractivity contribution in [3.63, 3.8) is 0 Å². The Morgan fingerprint density at radius 1 is 0.925 bits per heavy atom. The van der Waals surface area contributed by atoms with Crippen LogP contribution < -0.4 is 20.7 Å². The molecule has 0 bridgehead atoms. The van der Waals surface area contributed by atoms with Crippen molar-refractivity contribution in [2.75, 3.05) is 6.54 Å². The van der Waals surface area contributed by atoms with E-state index in [-0.39, 0.29) is 19.0 Å². The molecule has 2 aromatic carbocycles. The van der Waals surface area contributed by atoms with E-state index in [1.807, 2.05) is 53.3 Å². The average molecular weight is 755 g/mol. The number of benzene rings is 2. The fraction of sp³-hybridized carbons (Fsp3) is 0.541. The summed E-state index contributed by atoms with van der Waals surface area (Å²) in [5.74, 6) is -4.80. The summed E-state index contributed by atoms with van der Waals surface area (Å²) in [4.78, 5) is 62.0. The smallest absolute Gasteiger partial charge is 0.315 e. The maximum Gasteiger partial charge on any atom is 0.315 e. The van der Waals surface area contributed by atoms with E-state index in [9.17, 15) is 36.4 Å². The summed E-state index contributed by atoms with van der Waals surface area (Å²) in [6.07, 6.45) is -0.147. The second-order valence-electron chi connectivity index (χ2n) is 15.1. The van der Waals surface area contributed by atoms with Crippen molar-refractivity contribution in [2.24, 2.45) is 17.0 Å². The molecule has 53 heavy (non-hydrogen) atoms. The Balaban J connectivity index is 1.15. The lowest BCUT2D eigenvalue weighted by Gasteiger charge is -2.31. The number of hydrogen-bond acceptors (Lipinski definition) is 8. The zero-order chi connectivity index (χ0) is 37.7. The van der Waals surface area contributed by atoms with Crippen molar-refractivity contribution in [1.82, 2.24) is 25.6 Å². The van der Waals surface area contributed by atoms with E-state index in [2.05, 4.69) is 21.1 Å². The van der Waals surface area contributed by atoms with Gasteiger partial charge in [0.05, 0.1) is 17.7 Å². The van der Waals surface area contributed by atoms with Crippen molar-refractivity contribution in [1.29, 1.82) is 0 Å². The second kappa shape index (κ2) is 14.3. The molecule has 16 heteroatoms. The minimum Gasteiger partial charge on any atom is -0.390 e. The number of nitrogens with one attached hydrogen (secondary N) is 4. The molecule has 5 atom stereocenters. The third-order valence-electron chi connectivity index (χ3n) is 11.0. The first-order chi connectivity index (χ1) is 25.3. The van der Waals surface area contributed by atoms with E-state index in [1.165, 1.54) is 4.90 Å². The normalized spacial score (nSPS) is 25.4. The van der Waals surface area contributed by atoms with Crippen LogP contribution in [0.1, 0.15) is 76.3 Å². The highest BCUT2D eigenvalue weighted by Crippen LogP contribution is 2.48. The predicted octanol–water partition coefficient (Wildman–Crippen LogP) is 3.42. The van der Waals surface area contributed by atoms with Gasteiger partial charge in [0.2, 0.25) is 28.3 Å². The number of urea groups is 1. The Morgan fingerprint density at radius 3 is 2.08 bits per heavy atom. The van der Waals surface area contributed by atoms with Gasteiger partial charge in [-0.2, -0.15) is 0 Å². The van der Waals surface area contributed by atoms with Gasteiger partial charge in [0.25, 0.3) is 5.91 Å². The molecule has 4 N–H and O–H groups in total. The number of sulfonamides is 1. The van der Waals surface area contributed by atoms with Crippen molar-refractivity contribution in [2.45, 2.75) is 107 Å². The molecule has 1 heterocycles. The molecule has 5 aliphatic rings. The Labute approximate surface area is 306 Å². The topological polar surface area (TPSA) is 175 Å². The molecule has 1 unspecified atom stereocenters. The van der Waals surface area contributed by atoms with Gasteiger partial charge in [-0.3, -0.25) is 19.1 Å². The van der Waals surface area contributed by atoms with E-state index in [0.29, 0.717) is 18.6 Å². The molecule has 284 valence electrons. The monoisotopic (exact) mass is 754 g/mol. The third kappa shape index (κ3) is 7.34. The minimum absolute atomic E-state index is 0.0154. The standard InChI is InChI=1S/C37H44F2N6O7S/c1-20(2)30(41-36(49)40-21-9-3-4-10-21)34(47)45-19-22(52-43-31-26-13-7-5-11-24(26)25-12-6-8-14-27(25)31)17-29(45)33(46)42-37(18-28(37)32(38)39)35(48)44-53(50,51)23-15-16-23/h5-8,11-14,20-23,28-30,32H,3-4,9-10,15-19H2,1-2H3,(H,42,46)(H,44,48)(H2,40,41,49)/t22-,28+,29?,30+,37+/m1/s1. The number of oxime groups is 1. The van der Waals surface area contributed by atoms with E-state index in [0.717, 1.165) is 47.9 Å². The summed E-state index contributed by atoms with van der Waals surface area (Å²) >= 11 is 0. The number of fused-ring (bicyclic) bond motifs is 3. The molecule has 13 nitrogen and oxygen atoms in total. The maximum absolute atomic E-state index is 14.3. The van der Waals surface area contributed by atoms with Crippen LogP contribution in [-0.2, 0) is 29.2 Å². The highest BCUT2D eigenvalue weighted by molar-refractivity contribution is 7.91. The summed E-state index contributed by atoms with van der Waals surface area (Å²) in [5, 5.41) is 11.8. The Kier molecular flexibility index (Phi) is 9.93. The van der Waals surface area contributed by atoms with Crippen LogP contribution in [0.2, 0.25) is 0 Å². The van der Waals surface area contributed by atoms with Crippen LogP contribution >= 0.6 is 0 Å². The van der Waals surface area contributed by atoms with Crippen LogP contribution in [0.25, 0.3) is 11.1 Å². The van der Waals surface area contributed by atoms with E-state index < -0.39 is 87.4 Å². The molecule has 4 aliphatic carbocycles. The molecule has 1 aliphatic heterocycles. The number of hydrogen-bond donors (Lipinski definition) is 4. The number of alkyl halides is 2. The molecular formula is C37H44F2N6O7S. The molecule has 4 fully saturated rings. The molecule has 2 aromatic rings. The van der Waals surface area contributed by atoms with Crippen LogP contribution in [0.3, 0.4) is 0 Å². The van der Waals surface area contributed by atoms with E-state index in [1.54, 1.807) is 13.8 Å². The van der Waals surface area contributed by atoms with Crippen LogP contribution in [0.15, 0.2) is 53.7 Å². The molecule has 1 saturated heterocycles.